The van der Waals surface area contributed by atoms with Crippen molar-refractivity contribution in [3.63, 3.8) is 0 Å². The Hall–Kier alpha value is -1.53. The van der Waals surface area contributed by atoms with Crippen LogP contribution in [0.5, 0.6) is 0 Å². The third-order valence-electron chi connectivity index (χ3n) is 1.54. The molecular formula is C9H9F2NO3. The first-order valence-corrected chi connectivity index (χ1v) is 4.13. The normalized spacial score (nSPS) is 10.1. The Balaban J connectivity index is 2.62. The second kappa shape index (κ2) is 5.38. The summed E-state index contributed by atoms with van der Waals surface area (Å²) in [5.41, 5.74) is 1.90. The molecule has 0 aromatic heterocycles. The molecule has 0 aliphatic carbocycles. The van der Waals surface area contributed by atoms with Crippen molar-refractivity contribution in [3.05, 3.63) is 35.4 Å². The summed E-state index contributed by atoms with van der Waals surface area (Å²) >= 11 is 0. The summed E-state index contributed by atoms with van der Waals surface area (Å²) in [6, 6.07) is 2.72. The van der Waals surface area contributed by atoms with Crippen LogP contribution in [-0.2, 0) is 4.84 Å². The summed E-state index contributed by atoms with van der Waals surface area (Å²) < 4.78 is 25.2. The van der Waals surface area contributed by atoms with Crippen LogP contribution in [0.3, 0.4) is 0 Å². The van der Waals surface area contributed by atoms with Crippen molar-refractivity contribution in [2.75, 3.05) is 13.2 Å². The summed E-state index contributed by atoms with van der Waals surface area (Å²) in [6.45, 7) is -0.326. The van der Waals surface area contributed by atoms with E-state index >= 15 is 0 Å². The van der Waals surface area contributed by atoms with Gasteiger partial charge in [-0.2, -0.15) is 0 Å². The number of hydrogen-bond acceptors (Lipinski definition) is 3. The Labute approximate surface area is 84.4 Å². The highest BCUT2D eigenvalue weighted by molar-refractivity contribution is 5.93. The van der Waals surface area contributed by atoms with Gasteiger partial charge < -0.3 is 5.11 Å². The summed E-state index contributed by atoms with van der Waals surface area (Å²) in [5.74, 6) is -2.84. The van der Waals surface area contributed by atoms with E-state index in [-0.39, 0.29) is 18.8 Å². The minimum absolute atomic E-state index is 0.0631. The third-order valence-corrected chi connectivity index (χ3v) is 1.54. The molecule has 0 saturated carbocycles. The van der Waals surface area contributed by atoms with Crippen molar-refractivity contribution < 1.29 is 23.5 Å². The van der Waals surface area contributed by atoms with Gasteiger partial charge in [-0.3, -0.25) is 9.63 Å². The molecule has 0 saturated heterocycles. The standard InChI is InChI=1S/C9H9F2NO3/c10-7-2-1-6(5-8(7)11)9(14)12-15-4-3-13/h1-2,5,13H,3-4H2,(H,12,14). The van der Waals surface area contributed by atoms with Gasteiger partial charge in [0.2, 0.25) is 0 Å². The molecule has 0 atom stereocenters. The van der Waals surface area contributed by atoms with Crippen molar-refractivity contribution in [1.29, 1.82) is 0 Å². The van der Waals surface area contributed by atoms with E-state index < -0.39 is 17.5 Å². The molecule has 82 valence electrons. The van der Waals surface area contributed by atoms with Gasteiger partial charge in [0.25, 0.3) is 5.91 Å². The average molecular weight is 217 g/mol. The molecule has 6 heteroatoms. The molecule has 4 nitrogen and oxygen atoms in total. The molecule has 2 N–H and O–H groups in total. The van der Waals surface area contributed by atoms with Crippen LogP contribution in [0.2, 0.25) is 0 Å². The maximum Gasteiger partial charge on any atom is 0.274 e. The van der Waals surface area contributed by atoms with Crippen LogP contribution in [-0.4, -0.2) is 24.2 Å². The van der Waals surface area contributed by atoms with Gasteiger partial charge in [0.15, 0.2) is 11.6 Å². The van der Waals surface area contributed by atoms with Crippen molar-refractivity contribution in [3.8, 4) is 0 Å². The number of halogens is 2. The van der Waals surface area contributed by atoms with Crippen LogP contribution in [0.15, 0.2) is 18.2 Å². The number of hydroxylamine groups is 1. The van der Waals surface area contributed by atoms with Crippen LogP contribution < -0.4 is 5.48 Å². The molecule has 1 rings (SSSR count). The molecule has 1 aromatic rings. The van der Waals surface area contributed by atoms with Crippen LogP contribution in [0, 0.1) is 11.6 Å². The third kappa shape index (κ3) is 3.26. The van der Waals surface area contributed by atoms with E-state index in [4.69, 9.17) is 5.11 Å². The minimum Gasteiger partial charge on any atom is -0.394 e. The highest BCUT2D eigenvalue weighted by Crippen LogP contribution is 2.08. The molecule has 0 radical (unpaired) electrons. The largest absolute Gasteiger partial charge is 0.394 e. The van der Waals surface area contributed by atoms with Crippen LogP contribution in [0.25, 0.3) is 0 Å². The van der Waals surface area contributed by atoms with Gasteiger partial charge >= 0.3 is 0 Å². The summed E-state index contributed by atoms with van der Waals surface area (Å²) in [4.78, 5) is 15.7. The maximum atomic E-state index is 12.7. The molecule has 0 fully saturated rings. The second-order valence-electron chi connectivity index (χ2n) is 2.63. The molecule has 1 aromatic carbocycles. The fraction of sp³-hybridized carbons (Fsp3) is 0.222. The molecule has 0 aliphatic heterocycles. The average Bonchev–Trinajstić information content (AvgIpc) is 2.22. The van der Waals surface area contributed by atoms with E-state index in [1.165, 1.54) is 0 Å². The first-order valence-electron chi connectivity index (χ1n) is 4.13. The quantitative estimate of drug-likeness (QED) is 0.574. The van der Waals surface area contributed by atoms with E-state index in [0.717, 1.165) is 18.2 Å². The lowest BCUT2D eigenvalue weighted by atomic mass is 10.2. The number of hydrogen-bond donors (Lipinski definition) is 2. The van der Waals surface area contributed by atoms with Crippen molar-refractivity contribution in [2.45, 2.75) is 0 Å². The topological polar surface area (TPSA) is 58.6 Å². The van der Waals surface area contributed by atoms with Gasteiger partial charge in [-0.25, -0.2) is 14.3 Å². The number of carbonyl (C=O) groups excluding carboxylic acids is 1. The van der Waals surface area contributed by atoms with E-state index in [1.807, 2.05) is 5.48 Å². The van der Waals surface area contributed by atoms with Gasteiger partial charge in [-0.15, -0.1) is 0 Å². The number of aliphatic hydroxyl groups excluding tert-OH is 1. The Bertz CT molecular complexity index is 357. The van der Waals surface area contributed by atoms with Crippen molar-refractivity contribution in [1.82, 2.24) is 5.48 Å². The smallest absolute Gasteiger partial charge is 0.274 e. The first kappa shape index (κ1) is 11.5. The SMILES string of the molecule is O=C(NOCCO)c1ccc(F)c(F)c1. The fourth-order valence-corrected chi connectivity index (χ4v) is 0.859. The summed E-state index contributed by atoms with van der Waals surface area (Å²) in [6.07, 6.45) is 0. The van der Waals surface area contributed by atoms with Gasteiger partial charge in [0.05, 0.1) is 13.2 Å². The Morgan fingerprint density at radius 2 is 2.13 bits per heavy atom. The van der Waals surface area contributed by atoms with E-state index in [9.17, 15) is 13.6 Å². The number of carbonyl (C=O) groups is 1. The molecule has 15 heavy (non-hydrogen) atoms. The Morgan fingerprint density at radius 3 is 2.73 bits per heavy atom. The zero-order chi connectivity index (χ0) is 11.3. The predicted octanol–water partition coefficient (Wildman–Crippen LogP) is 0.619. The number of aliphatic hydroxyl groups is 1. The lowest BCUT2D eigenvalue weighted by Gasteiger charge is -2.04. The molecule has 0 bridgehead atoms. The monoisotopic (exact) mass is 217 g/mol. The highest BCUT2D eigenvalue weighted by Gasteiger charge is 2.09. The van der Waals surface area contributed by atoms with Gasteiger partial charge in [0, 0.05) is 5.56 Å². The predicted molar refractivity (Wildman–Crippen MR) is 46.9 cm³/mol. The first-order chi connectivity index (χ1) is 7.15. The van der Waals surface area contributed by atoms with E-state index in [0.29, 0.717) is 0 Å². The second-order valence-corrected chi connectivity index (χ2v) is 2.63. The highest BCUT2D eigenvalue weighted by atomic mass is 19.2. The van der Waals surface area contributed by atoms with E-state index in [2.05, 4.69) is 4.84 Å². The van der Waals surface area contributed by atoms with Crippen LogP contribution in [0.1, 0.15) is 10.4 Å². The van der Waals surface area contributed by atoms with Crippen LogP contribution in [0.4, 0.5) is 8.78 Å². The van der Waals surface area contributed by atoms with Crippen molar-refractivity contribution in [2.24, 2.45) is 0 Å². The molecule has 0 heterocycles. The minimum atomic E-state index is -1.11. The Kier molecular flexibility index (Phi) is 4.14. The van der Waals surface area contributed by atoms with Gasteiger partial charge in [-0.1, -0.05) is 0 Å². The number of benzene rings is 1. The van der Waals surface area contributed by atoms with Crippen LogP contribution >= 0.6 is 0 Å². The van der Waals surface area contributed by atoms with E-state index in [1.54, 1.807) is 0 Å². The molecule has 0 spiro atoms. The molecule has 0 unspecified atom stereocenters. The van der Waals surface area contributed by atoms with Crippen molar-refractivity contribution >= 4 is 5.91 Å². The fourth-order valence-electron chi connectivity index (χ4n) is 0.859. The number of nitrogens with one attached hydrogen (secondary N) is 1. The Morgan fingerprint density at radius 1 is 1.40 bits per heavy atom. The summed E-state index contributed by atoms with van der Waals surface area (Å²) in [5, 5.41) is 8.34. The lowest BCUT2D eigenvalue weighted by Crippen LogP contribution is -2.25. The molecule has 1 amide bonds. The lowest BCUT2D eigenvalue weighted by molar-refractivity contribution is 0.0168. The summed E-state index contributed by atoms with van der Waals surface area (Å²) in [7, 11) is 0. The van der Waals surface area contributed by atoms with Gasteiger partial charge in [-0.05, 0) is 18.2 Å². The molecular weight excluding hydrogens is 208 g/mol. The number of rotatable bonds is 4. The maximum absolute atomic E-state index is 12.7. The molecule has 0 aliphatic rings. The zero-order valence-corrected chi connectivity index (χ0v) is 7.67. The van der Waals surface area contributed by atoms with Gasteiger partial charge in [0.1, 0.15) is 0 Å². The zero-order valence-electron chi connectivity index (χ0n) is 7.67. The number of amides is 1.